The van der Waals surface area contributed by atoms with E-state index in [0.717, 1.165) is 6.07 Å². The Balaban J connectivity index is 3.25. The molecule has 134 valence electrons. The van der Waals surface area contributed by atoms with Crippen LogP contribution in [0.5, 0.6) is 0 Å². The van der Waals surface area contributed by atoms with Crippen molar-refractivity contribution in [3.63, 3.8) is 0 Å². The van der Waals surface area contributed by atoms with Gasteiger partial charge in [0.1, 0.15) is 17.5 Å². The zero-order chi connectivity index (χ0) is 19.0. The predicted molar refractivity (Wildman–Crippen MR) is 103 cm³/mol. The van der Waals surface area contributed by atoms with E-state index in [9.17, 15) is 9.18 Å². The molecule has 0 atom stereocenters. The van der Waals surface area contributed by atoms with E-state index in [0.29, 0.717) is 22.3 Å². The fourth-order valence-corrected chi connectivity index (χ4v) is 2.55. The molecule has 8 heteroatoms. The molecular formula is C17H21BrFN5O. The van der Waals surface area contributed by atoms with Crippen molar-refractivity contribution in [2.75, 3.05) is 13.1 Å². The summed E-state index contributed by atoms with van der Waals surface area (Å²) >= 11 is 3.36. The van der Waals surface area contributed by atoms with Crippen LogP contribution in [0.15, 0.2) is 33.4 Å². The van der Waals surface area contributed by atoms with Crippen molar-refractivity contribution in [3.05, 3.63) is 45.3 Å². The number of hydrogen-bond acceptors (Lipinski definition) is 4. The van der Waals surface area contributed by atoms with Crippen molar-refractivity contribution in [2.24, 2.45) is 4.99 Å². The van der Waals surface area contributed by atoms with Gasteiger partial charge in [-0.15, -0.1) is 0 Å². The van der Waals surface area contributed by atoms with Crippen molar-refractivity contribution < 1.29 is 9.18 Å². The van der Waals surface area contributed by atoms with Gasteiger partial charge in [-0.2, -0.15) is 0 Å². The molecule has 0 saturated carbocycles. The number of hydrogen-bond donors (Lipinski definition) is 4. The van der Waals surface area contributed by atoms with Crippen LogP contribution in [0.4, 0.5) is 4.39 Å². The van der Waals surface area contributed by atoms with Crippen LogP contribution < -0.4 is 10.6 Å². The van der Waals surface area contributed by atoms with Gasteiger partial charge in [0, 0.05) is 36.0 Å². The summed E-state index contributed by atoms with van der Waals surface area (Å²) in [6.45, 7) is 5.69. The summed E-state index contributed by atoms with van der Waals surface area (Å²) in [6, 6.07) is 3.84. The Labute approximate surface area is 154 Å². The van der Waals surface area contributed by atoms with Gasteiger partial charge < -0.3 is 16.0 Å². The number of ketones is 1. The largest absolute Gasteiger partial charge is 0.379 e. The lowest BCUT2D eigenvalue weighted by molar-refractivity contribution is 0.101. The highest BCUT2D eigenvalue weighted by atomic mass is 79.9. The van der Waals surface area contributed by atoms with E-state index >= 15 is 0 Å². The Morgan fingerprint density at radius 3 is 2.52 bits per heavy atom. The summed E-state index contributed by atoms with van der Waals surface area (Å²) in [7, 11) is 0. The first-order chi connectivity index (χ1) is 11.8. The molecular weight excluding hydrogens is 389 g/mol. The molecule has 1 aromatic carbocycles. The molecule has 0 aliphatic rings. The summed E-state index contributed by atoms with van der Waals surface area (Å²) in [5.74, 6) is -0.514. The summed E-state index contributed by atoms with van der Waals surface area (Å²) in [5, 5.41) is 21.2. The topological polar surface area (TPSA) is 101 Å². The molecule has 0 fully saturated rings. The summed E-state index contributed by atoms with van der Waals surface area (Å²) < 4.78 is 14.1. The van der Waals surface area contributed by atoms with Crippen LogP contribution in [-0.4, -0.2) is 36.8 Å². The van der Waals surface area contributed by atoms with E-state index < -0.39 is 5.82 Å². The van der Waals surface area contributed by atoms with Gasteiger partial charge in [0.05, 0.1) is 4.61 Å². The Bertz CT molecular complexity index is 743. The molecule has 0 aliphatic heterocycles. The third kappa shape index (κ3) is 6.22. The van der Waals surface area contributed by atoms with Crippen LogP contribution in [0.1, 0.15) is 36.7 Å². The number of benzene rings is 1. The molecule has 0 saturated heterocycles. The molecule has 1 aromatic rings. The van der Waals surface area contributed by atoms with Crippen LogP contribution in [-0.2, 0) is 0 Å². The third-order valence-electron chi connectivity index (χ3n) is 3.13. The van der Waals surface area contributed by atoms with Crippen molar-refractivity contribution >= 4 is 39.6 Å². The molecule has 0 amide bonds. The van der Waals surface area contributed by atoms with Crippen molar-refractivity contribution in [1.82, 2.24) is 10.6 Å². The number of rotatable bonds is 7. The molecule has 0 spiro atoms. The molecule has 0 bridgehead atoms. The fraction of sp³-hybridized carbons (Fsp3) is 0.294. The second kappa shape index (κ2) is 9.83. The van der Waals surface area contributed by atoms with Gasteiger partial charge in [-0.25, -0.2) is 9.38 Å². The second-order valence-corrected chi connectivity index (χ2v) is 5.95. The molecule has 25 heavy (non-hydrogen) atoms. The number of halogens is 2. The first kappa shape index (κ1) is 20.7. The van der Waals surface area contributed by atoms with Gasteiger partial charge in [0.2, 0.25) is 0 Å². The highest BCUT2D eigenvalue weighted by Gasteiger charge is 2.15. The molecule has 0 radical (unpaired) electrons. The molecule has 0 aromatic heterocycles. The van der Waals surface area contributed by atoms with Crippen LogP contribution in [0, 0.1) is 16.6 Å². The molecule has 0 unspecified atom stereocenters. The highest BCUT2D eigenvalue weighted by molar-refractivity contribution is 9.11. The predicted octanol–water partition coefficient (Wildman–Crippen LogP) is 3.23. The quantitative estimate of drug-likeness (QED) is 0.240. The van der Waals surface area contributed by atoms with Gasteiger partial charge in [0.25, 0.3) is 0 Å². The van der Waals surface area contributed by atoms with Crippen molar-refractivity contribution in [3.8, 4) is 0 Å². The number of carbonyl (C=O) groups excluding carboxylic acids is 1. The standard InChI is InChI=1S/C17H21BrFN5O/c1-4-22-16(18)12(8-20)9-23-17(24-11(3)21)14-6-5-13(19)7-15(14)10(2)25/h5-8,20,22H,4,9H2,1-3H3,(H2,21,23,24)/b16-12+,20-8?. The molecule has 4 N–H and O–H groups in total. The Kier molecular flexibility index (Phi) is 8.13. The maximum Gasteiger partial charge on any atom is 0.160 e. The number of aliphatic imine (C=N–C) groups is 1. The van der Waals surface area contributed by atoms with Crippen LogP contribution in [0.3, 0.4) is 0 Å². The van der Waals surface area contributed by atoms with Gasteiger partial charge in [0.15, 0.2) is 5.78 Å². The maximum absolute atomic E-state index is 13.5. The normalized spacial score (nSPS) is 12.3. The van der Waals surface area contributed by atoms with E-state index in [1.807, 2.05) is 6.92 Å². The van der Waals surface area contributed by atoms with Gasteiger partial charge in [-0.3, -0.25) is 10.2 Å². The maximum atomic E-state index is 13.5. The number of nitrogens with one attached hydrogen (secondary N) is 4. The minimum absolute atomic E-state index is 0.0347. The number of amidine groups is 2. The van der Waals surface area contributed by atoms with Crippen LogP contribution in [0.2, 0.25) is 0 Å². The average molecular weight is 410 g/mol. The smallest absolute Gasteiger partial charge is 0.160 e. The van der Waals surface area contributed by atoms with E-state index in [1.54, 1.807) is 0 Å². The fourth-order valence-electron chi connectivity index (χ4n) is 2.02. The summed E-state index contributed by atoms with van der Waals surface area (Å²) in [6.07, 6.45) is 1.19. The van der Waals surface area contributed by atoms with E-state index in [4.69, 9.17) is 10.8 Å². The lowest BCUT2D eigenvalue weighted by atomic mass is 10.0. The molecule has 1 rings (SSSR count). The van der Waals surface area contributed by atoms with E-state index in [-0.39, 0.29) is 29.6 Å². The average Bonchev–Trinajstić information content (AvgIpc) is 2.54. The number of Topliss-reactive ketones (excluding diaryl/α,β-unsaturated/α-hetero) is 1. The van der Waals surface area contributed by atoms with E-state index in [2.05, 4.69) is 31.6 Å². The summed E-state index contributed by atoms with van der Waals surface area (Å²) in [5.41, 5.74) is 1.21. The molecule has 0 aliphatic carbocycles. The van der Waals surface area contributed by atoms with Crippen LogP contribution in [0.25, 0.3) is 0 Å². The van der Waals surface area contributed by atoms with Crippen molar-refractivity contribution in [1.29, 1.82) is 10.8 Å². The zero-order valence-electron chi connectivity index (χ0n) is 14.3. The minimum Gasteiger partial charge on any atom is -0.379 e. The zero-order valence-corrected chi connectivity index (χ0v) is 15.9. The Hall–Kier alpha value is -2.35. The number of carbonyl (C=O) groups is 1. The first-order valence-corrected chi connectivity index (χ1v) is 8.41. The lowest BCUT2D eigenvalue weighted by Crippen LogP contribution is -2.30. The van der Waals surface area contributed by atoms with Gasteiger partial charge in [-0.1, -0.05) is 0 Å². The SMILES string of the molecule is CCN/C(Br)=C(\C=N)CN/C(=N\C(C)=N)c1ccc(F)cc1C(C)=O. The van der Waals surface area contributed by atoms with E-state index in [1.165, 1.54) is 32.2 Å². The monoisotopic (exact) mass is 409 g/mol. The lowest BCUT2D eigenvalue weighted by Gasteiger charge is -2.14. The number of nitrogens with zero attached hydrogens (tertiary/aromatic N) is 1. The molecule has 0 heterocycles. The van der Waals surface area contributed by atoms with Gasteiger partial charge in [-0.05, 0) is 54.9 Å². The highest BCUT2D eigenvalue weighted by Crippen LogP contribution is 2.14. The molecule has 6 nitrogen and oxygen atoms in total. The third-order valence-corrected chi connectivity index (χ3v) is 3.92. The van der Waals surface area contributed by atoms with Crippen LogP contribution >= 0.6 is 15.9 Å². The van der Waals surface area contributed by atoms with Gasteiger partial charge >= 0.3 is 0 Å². The Morgan fingerprint density at radius 2 is 2.00 bits per heavy atom. The minimum atomic E-state index is -0.519. The Morgan fingerprint density at radius 1 is 1.32 bits per heavy atom. The summed E-state index contributed by atoms with van der Waals surface area (Å²) in [4.78, 5) is 15.9. The first-order valence-electron chi connectivity index (χ1n) is 7.61. The van der Waals surface area contributed by atoms with Crippen molar-refractivity contribution in [2.45, 2.75) is 20.8 Å². The second-order valence-electron chi connectivity index (χ2n) is 5.16.